The minimum absolute atomic E-state index is 0.192. The van der Waals surface area contributed by atoms with Crippen LogP contribution in [0.3, 0.4) is 0 Å². The zero-order valence-electron chi connectivity index (χ0n) is 9.80. The minimum atomic E-state index is -0.312. The van der Waals surface area contributed by atoms with E-state index in [0.29, 0.717) is 30.2 Å². The lowest BCUT2D eigenvalue weighted by molar-refractivity contribution is -0.119. The van der Waals surface area contributed by atoms with Crippen molar-refractivity contribution < 1.29 is 9.59 Å². The lowest BCUT2D eigenvalue weighted by Gasteiger charge is -2.33. The number of imide groups is 1. The molecule has 2 rings (SSSR count). The number of rotatable bonds is 3. The molecule has 0 radical (unpaired) electrons. The normalized spacial score (nSPS) is 16.1. The van der Waals surface area contributed by atoms with Crippen LogP contribution >= 0.6 is 11.6 Å². The van der Waals surface area contributed by atoms with Gasteiger partial charge >= 0.3 is 6.03 Å². The Morgan fingerprint density at radius 3 is 2.56 bits per heavy atom. The highest BCUT2D eigenvalue weighted by Gasteiger charge is 2.32. The second-order valence-electron chi connectivity index (χ2n) is 3.97. The van der Waals surface area contributed by atoms with Gasteiger partial charge in [0.2, 0.25) is 5.91 Å². The zero-order valence-corrected chi connectivity index (χ0v) is 10.6. The van der Waals surface area contributed by atoms with Crippen molar-refractivity contribution in [2.75, 3.05) is 18.0 Å². The van der Waals surface area contributed by atoms with Crippen molar-refractivity contribution in [1.82, 2.24) is 4.90 Å². The van der Waals surface area contributed by atoms with Crippen molar-refractivity contribution in [3.63, 3.8) is 0 Å². The van der Waals surface area contributed by atoms with E-state index >= 15 is 0 Å². The quantitative estimate of drug-likeness (QED) is 0.788. The van der Waals surface area contributed by atoms with Crippen molar-refractivity contribution >= 4 is 29.2 Å². The third-order valence-corrected chi connectivity index (χ3v) is 2.99. The standard InChI is InChI=1S/C13H13ClN2O2/c1-2-8-15-9-7-12(17)16(13(15)18)11-5-3-10(14)4-6-11/h2-6H,1,7-9H2. The molecule has 4 nitrogen and oxygen atoms in total. The van der Waals surface area contributed by atoms with E-state index in [9.17, 15) is 9.59 Å². The van der Waals surface area contributed by atoms with Gasteiger partial charge in [0.05, 0.1) is 5.69 Å². The summed E-state index contributed by atoms with van der Waals surface area (Å²) in [5.74, 6) is -0.192. The third-order valence-electron chi connectivity index (χ3n) is 2.74. The van der Waals surface area contributed by atoms with Crippen LogP contribution in [0.4, 0.5) is 10.5 Å². The maximum Gasteiger partial charge on any atom is 0.331 e. The van der Waals surface area contributed by atoms with Crippen LogP contribution in [0.2, 0.25) is 5.02 Å². The molecule has 3 amide bonds. The molecule has 94 valence electrons. The van der Waals surface area contributed by atoms with Crippen LogP contribution in [0.15, 0.2) is 36.9 Å². The molecular weight excluding hydrogens is 252 g/mol. The van der Waals surface area contributed by atoms with E-state index in [0.717, 1.165) is 0 Å². The lowest BCUT2D eigenvalue weighted by Crippen LogP contribution is -2.52. The monoisotopic (exact) mass is 264 g/mol. The topological polar surface area (TPSA) is 40.6 Å². The Balaban J connectivity index is 2.28. The van der Waals surface area contributed by atoms with Crippen molar-refractivity contribution in [3.05, 3.63) is 41.9 Å². The number of amides is 3. The van der Waals surface area contributed by atoms with Crippen molar-refractivity contribution in [3.8, 4) is 0 Å². The van der Waals surface area contributed by atoms with E-state index in [-0.39, 0.29) is 11.9 Å². The van der Waals surface area contributed by atoms with Crippen LogP contribution in [-0.2, 0) is 4.79 Å². The molecule has 1 aromatic carbocycles. The first-order valence-electron chi connectivity index (χ1n) is 5.62. The van der Waals surface area contributed by atoms with Gasteiger partial charge in [0, 0.05) is 24.5 Å². The van der Waals surface area contributed by atoms with Gasteiger partial charge in [0.25, 0.3) is 0 Å². The molecule has 0 unspecified atom stereocenters. The molecule has 1 aliphatic rings. The SMILES string of the molecule is C=CCN1CCC(=O)N(c2ccc(Cl)cc2)C1=O. The molecule has 0 spiro atoms. The second kappa shape index (κ2) is 5.23. The summed E-state index contributed by atoms with van der Waals surface area (Å²) in [5.41, 5.74) is 0.545. The van der Waals surface area contributed by atoms with Gasteiger partial charge in [-0.3, -0.25) is 4.79 Å². The van der Waals surface area contributed by atoms with Gasteiger partial charge in [-0.2, -0.15) is 0 Å². The van der Waals surface area contributed by atoms with Gasteiger partial charge in [-0.25, -0.2) is 9.69 Å². The maximum atomic E-state index is 12.2. The molecule has 0 bridgehead atoms. The Hall–Kier alpha value is -1.81. The Bertz CT molecular complexity index is 484. The summed E-state index contributed by atoms with van der Waals surface area (Å²) in [6.07, 6.45) is 1.97. The Morgan fingerprint density at radius 1 is 1.28 bits per heavy atom. The van der Waals surface area contributed by atoms with Gasteiger partial charge in [0.1, 0.15) is 0 Å². The molecule has 1 aromatic rings. The fourth-order valence-electron chi connectivity index (χ4n) is 1.86. The average Bonchev–Trinajstić information content (AvgIpc) is 2.35. The van der Waals surface area contributed by atoms with Crippen LogP contribution in [0, 0.1) is 0 Å². The second-order valence-corrected chi connectivity index (χ2v) is 4.41. The number of anilines is 1. The number of halogens is 1. The van der Waals surface area contributed by atoms with E-state index in [1.54, 1.807) is 35.2 Å². The van der Waals surface area contributed by atoms with Gasteiger partial charge in [0.15, 0.2) is 0 Å². The Labute approximate surface area is 110 Å². The smallest absolute Gasteiger partial charge is 0.320 e. The molecule has 1 aliphatic heterocycles. The maximum absolute atomic E-state index is 12.2. The van der Waals surface area contributed by atoms with Crippen LogP contribution in [-0.4, -0.2) is 29.9 Å². The number of hydrogen-bond acceptors (Lipinski definition) is 2. The lowest BCUT2D eigenvalue weighted by atomic mass is 10.2. The predicted octanol–water partition coefficient (Wildman–Crippen LogP) is 2.68. The van der Waals surface area contributed by atoms with Crippen molar-refractivity contribution in [2.24, 2.45) is 0 Å². The summed E-state index contributed by atoms with van der Waals surface area (Å²) in [6, 6.07) is 6.33. The average molecular weight is 265 g/mol. The minimum Gasteiger partial charge on any atom is -0.320 e. The highest BCUT2D eigenvalue weighted by molar-refractivity contribution is 6.30. The fourth-order valence-corrected chi connectivity index (χ4v) is 1.98. The van der Waals surface area contributed by atoms with Crippen LogP contribution in [0.5, 0.6) is 0 Å². The van der Waals surface area contributed by atoms with Gasteiger partial charge in [-0.1, -0.05) is 17.7 Å². The molecule has 0 saturated carbocycles. The summed E-state index contributed by atoms with van der Waals surface area (Å²) in [4.78, 5) is 26.8. The van der Waals surface area contributed by atoms with Gasteiger partial charge in [-0.05, 0) is 24.3 Å². The molecule has 0 N–H and O–H groups in total. The van der Waals surface area contributed by atoms with Crippen molar-refractivity contribution in [1.29, 1.82) is 0 Å². The first kappa shape index (κ1) is 12.6. The Kier molecular flexibility index (Phi) is 3.67. The molecule has 0 aliphatic carbocycles. The molecule has 1 fully saturated rings. The van der Waals surface area contributed by atoms with Crippen LogP contribution in [0.1, 0.15) is 6.42 Å². The summed E-state index contributed by atoms with van der Waals surface area (Å²) in [5, 5.41) is 0.568. The molecule has 5 heteroatoms. The van der Waals surface area contributed by atoms with E-state index in [2.05, 4.69) is 6.58 Å². The van der Waals surface area contributed by atoms with Crippen molar-refractivity contribution in [2.45, 2.75) is 6.42 Å². The van der Waals surface area contributed by atoms with Gasteiger partial charge < -0.3 is 4.90 Å². The summed E-state index contributed by atoms with van der Waals surface area (Å²) < 4.78 is 0. The van der Waals surface area contributed by atoms with E-state index in [1.807, 2.05) is 0 Å². The summed E-state index contributed by atoms with van der Waals surface area (Å²) in [6.45, 7) is 4.48. The fraction of sp³-hybridized carbons (Fsp3) is 0.231. The van der Waals surface area contributed by atoms with Crippen LogP contribution in [0.25, 0.3) is 0 Å². The Morgan fingerprint density at radius 2 is 1.94 bits per heavy atom. The highest BCUT2D eigenvalue weighted by Crippen LogP contribution is 2.22. The van der Waals surface area contributed by atoms with Gasteiger partial charge in [-0.15, -0.1) is 6.58 Å². The number of urea groups is 1. The van der Waals surface area contributed by atoms with E-state index in [1.165, 1.54) is 4.90 Å². The number of hydrogen-bond donors (Lipinski definition) is 0. The number of nitrogens with zero attached hydrogens (tertiary/aromatic N) is 2. The summed E-state index contributed by atoms with van der Waals surface area (Å²) >= 11 is 5.79. The number of carbonyl (C=O) groups is 2. The molecule has 0 atom stereocenters. The first-order valence-corrected chi connectivity index (χ1v) is 5.99. The zero-order chi connectivity index (χ0) is 13.1. The predicted molar refractivity (Wildman–Crippen MR) is 70.7 cm³/mol. The number of benzene rings is 1. The largest absolute Gasteiger partial charge is 0.331 e. The molecule has 1 saturated heterocycles. The van der Waals surface area contributed by atoms with E-state index in [4.69, 9.17) is 11.6 Å². The van der Waals surface area contributed by atoms with E-state index < -0.39 is 0 Å². The molecule has 18 heavy (non-hydrogen) atoms. The molecule has 0 aromatic heterocycles. The number of carbonyl (C=O) groups excluding carboxylic acids is 2. The third kappa shape index (κ3) is 2.38. The molecular formula is C13H13ClN2O2. The first-order chi connectivity index (χ1) is 8.63. The summed E-state index contributed by atoms with van der Waals surface area (Å²) in [7, 11) is 0. The molecule has 1 heterocycles. The van der Waals surface area contributed by atoms with Crippen LogP contribution < -0.4 is 4.90 Å². The highest BCUT2D eigenvalue weighted by atomic mass is 35.5.